The Morgan fingerprint density at radius 2 is 2.19 bits per heavy atom. The van der Waals surface area contributed by atoms with E-state index in [-0.39, 0.29) is 12.5 Å². The van der Waals surface area contributed by atoms with Gasteiger partial charge in [-0.1, -0.05) is 13.3 Å². The lowest BCUT2D eigenvalue weighted by Crippen LogP contribution is -2.38. The summed E-state index contributed by atoms with van der Waals surface area (Å²) >= 11 is 0. The number of likely N-dealkylation sites (N-methyl/N-ethyl adjacent to an activating group) is 1. The highest BCUT2D eigenvalue weighted by Crippen LogP contribution is 1.90. The molecule has 0 aromatic rings. The highest BCUT2D eigenvalue weighted by Gasteiger charge is 2.06. The Hall–Kier alpha value is -0.650. The van der Waals surface area contributed by atoms with Crippen molar-refractivity contribution < 1.29 is 14.6 Å². The van der Waals surface area contributed by atoms with Crippen LogP contribution in [0.3, 0.4) is 0 Å². The lowest BCUT2D eigenvalue weighted by molar-refractivity contribution is -0.127. The molecule has 0 heterocycles. The third-order valence-electron chi connectivity index (χ3n) is 2.11. The van der Waals surface area contributed by atoms with E-state index in [4.69, 9.17) is 4.74 Å². The Bertz CT molecular complexity index is 186. The van der Waals surface area contributed by atoms with Crippen molar-refractivity contribution in [2.24, 2.45) is 0 Å². The molecule has 0 spiro atoms. The molecule has 16 heavy (non-hydrogen) atoms. The molecule has 0 radical (unpaired) electrons. The fourth-order valence-electron chi connectivity index (χ4n) is 1.03. The van der Waals surface area contributed by atoms with Crippen LogP contribution in [-0.4, -0.2) is 62.4 Å². The zero-order chi connectivity index (χ0) is 12.4. The Morgan fingerprint density at radius 3 is 2.75 bits per heavy atom. The zero-order valence-corrected chi connectivity index (χ0v) is 10.5. The van der Waals surface area contributed by atoms with Crippen molar-refractivity contribution in [3.8, 4) is 0 Å². The van der Waals surface area contributed by atoms with Crippen LogP contribution in [0.4, 0.5) is 0 Å². The summed E-state index contributed by atoms with van der Waals surface area (Å²) in [6.45, 7) is 3.73. The highest BCUT2D eigenvalue weighted by molar-refractivity contribution is 5.77. The molecule has 0 saturated heterocycles. The first-order valence-electron chi connectivity index (χ1n) is 5.74. The van der Waals surface area contributed by atoms with Crippen molar-refractivity contribution >= 4 is 5.91 Å². The van der Waals surface area contributed by atoms with Crippen LogP contribution in [0.25, 0.3) is 0 Å². The molecular formula is C11H24N2O3. The van der Waals surface area contributed by atoms with Gasteiger partial charge in [-0.05, 0) is 6.42 Å². The second-order valence-electron chi connectivity index (χ2n) is 4.00. The molecule has 1 atom stereocenters. The SMILES string of the molecule is CCCCOCC(O)CNCC(=O)N(C)C. The van der Waals surface area contributed by atoms with E-state index >= 15 is 0 Å². The molecule has 0 aromatic heterocycles. The van der Waals surface area contributed by atoms with Gasteiger partial charge in [0.25, 0.3) is 0 Å². The molecule has 0 aromatic carbocycles. The van der Waals surface area contributed by atoms with Gasteiger partial charge in [0.05, 0.1) is 19.3 Å². The highest BCUT2D eigenvalue weighted by atomic mass is 16.5. The monoisotopic (exact) mass is 232 g/mol. The lowest BCUT2D eigenvalue weighted by atomic mass is 10.3. The number of ether oxygens (including phenoxy) is 1. The van der Waals surface area contributed by atoms with E-state index in [9.17, 15) is 9.90 Å². The fraction of sp³-hybridized carbons (Fsp3) is 0.909. The number of hydrogen-bond donors (Lipinski definition) is 2. The molecule has 0 bridgehead atoms. The number of rotatable bonds is 9. The normalized spacial score (nSPS) is 12.5. The summed E-state index contributed by atoms with van der Waals surface area (Å²) in [5.74, 6) is -0.000832. The molecule has 2 N–H and O–H groups in total. The van der Waals surface area contributed by atoms with E-state index < -0.39 is 6.10 Å². The molecule has 0 fully saturated rings. The predicted molar refractivity (Wildman–Crippen MR) is 63.3 cm³/mol. The molecule has 5 heteroatoms. The maximum atomic E-state index is 11.2. The van der Waals surface area contributed by atoms with E-state index in [1.807, 2.05) is 0 Å². The molecule has 1 amide bonds. The quantitative estimate of drug-likeness (QED) is 0.542. The number of amides is 1. The molecule has 0 aliphatic rings. The van der Waals surface area contributed by atoms with E-state index in [1.165, 1.54) is 4.90 Å². The molecule has 0 rings (SSSR count). The van der Waals surface area contributed by atoms with Gasteiger partial charge in [0.15, 0.2) is 0 Å². The van der Waals surface area contributed by atoms with Gasteiger partial charge in [-0.25, -0.2) is 0 Å². The van der Waals surface area contributed by atoms with Crippen LogP contribution < -0.4 is 5.32 Å². The number of nitrogens with zero attached hydrogens (tertiary/aromatic N) is 1. The molecule has 0 saturated carbocycles. The van der Waals surface area contributed by atoms with Crippen LogP contribution in [0.1, 0.15) is 19.8 Å². The molecule has 0 aliphatic heterocycles. The van der Waals surface area contributed by atoms with Crippen molar-refractivity contribution in [3.63, 3.8) is 0 Å². The molecular weight excluding hydrogens is 208 g/mol. The van der Waals surface area contributed by atoms with Gasteiger partial charge in [0, 0.05) is 27.2 Å². The predicted octanol–water partition coefficient (Wildman–Crippen LogP) is -0.158. The van der Waals surface area contributed by atoms with Gasteiger partial charge < -0.3 is 20.1 Å². The van der Waals surface area contributed by atoms with Gasteiger partial charge in [0.1, 0.15) is 0 Å². The summed E-state index contributed by atoms with van der Waals surface area (Å²) in [6, 6.07) is 0. The van der Waals surface area contributed by atoms with Crippen LogP contribution in [0, 0.1) is 0 Å². The Balaban J connectivity index is 3.36. The fourth-order valence-corrected chi connectivity index (χ4v) is 1.03. The number of aliphatic hydroxyl groups excluding tert-OH is 1. The van der Waals surface area contributed by atoms with E-state index in [0.29, 0.717) is 19.8 Å². The number of carbonyl (C=O) groups excluding carboxylic acids is 1. The van der Waals surface area contributed by atoms with Crippen molar-refractivity contribution in [3.05, 3.63) is 0 Å². The molecule has 96 valence electrons. The largest absolute Gasteiger partial charge is 0.389 e. The summed E-state index contributed by atoms with van der Waals surface area (Å²) in [5, 5.41) is 12.4. The van der Waals surface area contributed by atoms with Crippen LogP contribution in [0.5, 0.6) is 0 Å². The van der Waals surface area contributed by atoms with Crippen LogP contribution in [-0.2, 0) is 9.53 Å². The third kappa shape index (κ3) is 8.64. The number of unbranched alkanes of at least 4 members (excludes halogenated alkanes) is 1. The van der Waals surface area contributed by atoms with Gasteiger partial charge >= 0.3 is 0 Å². The first kappa shape index (κ1) is 15.3. The number of aliphatic hydroxyl groups is 1. The summed E-state index contributed by atoms with van der Waals surface area (Å²) in [6.07, 6.45) is 1.55. The van der Waals surface area contributed by atoms with E-state index in [1.54, 1.807) is 14.1 Å². The second-order valence-corrected chi connectivity index (χ2v) is 4.00. The Morgan fingerprint density at radius 1 is 1.50 bits per heavy atom. The van der Waals surface area contributed by atoms with E-state index in [0.717, 1.165) is 12.8 Å². The third-order valence-corrected chi connectivity index (χ3v) is 2.11. The molecule has 1 unspecified atom stereocenters. The van der Waals surface area contributed by atoms with Gasteiger partial charge in [-0.15, -0.1) is 0 Å². The molecule has 5 nitrogen and oxygen atoms in total. The minimum atomic E-state index is -0.549. The number of hydrogen-bond acceptors (Lipinski definition) is 4. The van der Waals surface area contributed by atoms with Gasteiger partial charge in [-0.3, -0.25) is 4.79 Å². The minimum Gasteiger partial charge on any atom is -0.389 e. The maximum Gasteiger partial charge on any atom is 0.236 e. The van der Waals surface area contributed by atoms with Crippen molar-refractivity contribution in [1.29, 1.82) is 0 Å². The van der Waals surface area contributed by atoms with Gasteiger partial charge in [-0.2, -0.15) is 0 Å². The first-order valence-corrected chi connectivity index (χ1v) is 5.74. The average molecular weight is 232 g/mol. The van der Waals surface area contributed by atoms with Crippen LogP contribution in [0.15, 0.2) is 0 Å². The average Bonchev–Trinajstić information content (AvgIpc) is 2.24. The lowest BCUT2D eigenvalue weighted by Gasteiger charge is -2.14. The Labute approximate surface area is 97.8 Å². The van der Waals surface area contributed by atoms with Crippen LogP contribution in [0.2, 0.25) is 0 Å². The molecule has 0 aliphatic carbocycles. The van der Waals surface area contributed by atoms with Crippen molar-refractivity contribution in [2.45, 2.75) is 25.9 Å². The van der Waals surface area contributed by atoms with Crippen LogP contribution >= 0.6 is 0 Å². The maximum absolute atomic E-state index is 11.2. The summed E-state index contributed by atoms with van der Waals surface area (Å²) in [4.78, 5) is 12.7. The summed E-state index contributed by atoms with van der Waals surface area (Å²) < 4.78 is 5.26. The van der Waals surface area contributed by atoms with Crippen molar-refractivity contribution in [2.75, 3.05) is 40.4 Å². The number of carbonyl (C=O) groups is 1. The standard InChI is InChI=1S/C11H24N2O3/c1-4-5-6-16-9-10(14)7-12-8-11(15)13(2)3/h10,12,14H,4-9H2,1-3H3. The summed E-state index contributed by atoms with van der Waals surface area (Å²) in [5.41, 5.74) is 0. The second kappa shape index (κ2) is 9.57. The topological polar surface area (TPSA) is 61.8 Å². The zero-order valence-electron chi connectivity index (χ0n) is 10.5. The minimum absolute atomic E-state index is 0.000832. The smallest absolute Gasteiger partial charge is 0.236 e. The number of nitrogens with one attached hydrogen (secondary N) is 1. The summed E-state index contributed by atoms with van der Waals surface area (Å²) in [7, 11) is 3.41. The van der Waals surface area contributed by atoms with E-state index in [2.05, 4.69) is 12.2 Å². The van der Waals surface area contributed by atoms with Crippen molar-refractivity contribution in [1.82, 2.24) is 10.2 Å². The Kier molecular flexibility index (Phi) is 9.18. The first-order chi connectivity index (χ1) is 7.57. The van der Waals surface area contributed by atoms with Gasteiger partial charge in [0.2, 0.25) is 5.91 Å².